The van der Waals surface area contributed by atoms with Crippen LogP contribution in [-0.4, -0.2) is 23.2 Å². The number of methoxy groups -OCH3 is 1. The smallest absolute Gasteiger partial charge is 0.435 e. The van der Waals surface area contributed by atoms with Crippen molar-refractivity contribution in [2.24, 2.45) is 5.41 Å². The van der Waals surface area contributed by atoms with E-state index in [-0.39, 0.29) is 5.01 Å². The van der Waals surface area contributed by atoms with Crippen LogP contribution in [0.2, 0.25) is 0 Å². The highest BCUT2D eigenvalue weighted by Crippen LogP contribution is 2.41. The lowest BCUT2D eigenvalue weighted by Crippen LogP contribution is -2.20. The Hall–Kier alpha value is -1.15. The van der Waals surface area contributed by atoms with E-state index < -0.39 is 34.2 Å². The van der Waals surface area contributed by atoms with Crippen molar-refractivity contribution in [3.63, 3.8) is 0 Å². The van der Waals surface area contributed by atoms with Crippen molar-refractivity contribution in [1.29, 1.82) is 0 Å². The second-order valence-electron chi connectivity index (χ2n) is 5.01. The Kier molecular flexibility index (Phi) is 4.26. The molecule has 19 heavy (non-hydrogen) atoms. The Morgan fingerprint density at radius 1 is 1.37 bits per heavy atom. The third-order valence-electron chi connectivity index (χ3n) is 2.35. The van der Waals surface area contributed by atoms with E-state index in [9.17, 15) is 18.0 Å². The Morgan fingerprint density at radius 3 is 2.16 bits per heavy atom. The fourth-order valence-corrected chi connectivity index (χ4v) is 2.86. The number of ether oxygens (including phenoxy) is 1. The number of carboxylic acids is 1. The van der Waals surface area contributed by atoms with Gasteiger partial charge in [-0.2, -0.15) is 13.2 Å². The number of carbonyl (C=O) groups is 1. The number of halogens is 3. The molecule has 0 bridgehead atoms. The van der Waals surface area contributed by atoms with Gasteiger partial charge in [0.05, 0.1) is 0 Å². The molecule has 4 nitrogen and oxygen atoms in total. The third-order valence-corrected chi connectivity index (χ3v) is 3.44. The molecule has 1 rings (SSSR count). The van der Waals surface area contributed by atoms with Crippen LogP contribution >= 0.6 is 11.3 Å². The van der Waals surface area contributed by atoms with Crippen LogP contribution in [0, 0.1) is 5.41 Å². The number of thiazole rings is 1. The number of nitrogens with zero attached hydrogens (tertiary/aromatic N) is 1. The van der Waals surface area contributed by atoms with Gasteiger partial charge < -0.3 is 9.84 Å². The highest BCUT2D eigenvalue weighted by molar-refractivity contribution is 7.13. The van der Waals surface area contributed by atoms with Gasteiger partial charge >= 0.3 is 12.1 Å². The van der Waals surface area contributed by atoms with Crippen molar-refractivity contribution in [2.45, 2.75) is 33.1 Å². The third kappa shape index (κ3) is 3.44. The zero-order valence-corrected chi connectivity index (χ0v) is 11.6. The molecular weight excluding hydrogens is 283 g/mol. The molecule has 1 aromatic rings. The first-order valence-electron chi connectivity index (χ1n) is 5.32. The molecular formula is C11H14F3NO3S. The SMILES string of the molecule is COC(c1nc(C(F)(F)F)c(C(=O)O)s1)C(C)(C)C. The fourth-order valence-electron chi connectivity index (χ4n) is 1.61. The minimum absolute atomic E-state index is 0.0136. The molecule has 0 spiro atoms. The van der Waals surface area contributed by atoms with Gasteiger partial charge in [-0.05, 0) is 5.41 Å². The molecule has 108 valence electrons. The molecule has 1 unspecified atom stereocenters. The molecule has 0 aliphatic heterocycles. The van der Waals surface area contributed by atoms with Crippen LogP contribution in [0.5, 0.6) is 0 Å². The molecule has 0 radical (unpaired) electrons. The van der Waals surface area contributed by atoms with Crippen molar-refractivity contribution in [2.75, 3.05) is 7.11 Å². The van der Waals surface area contributed by atoms with Gasteiger partial charge in [-0.1, -0.05) is 20.8 Å². The lowest BCUT2D eigenvalue weighted by atomic mass is 9.89. The van der Waals surface area contributed by atoms with Crippen LogP contribution in [0.15, 0.2) is 0 Å². The largest absolute Gasteiger partial charge is 0.477 e. The van der Waals surface area contributed by atoms with Gasteiger partial charge in [0.1, 0.15) is 16.0 Å². The molecule has 0 aromatic carbocycles. The summed E-state index contributed by atoms with van der Waals surface area (Å²) in [5, 5.41) is 8.84. The molecule has 1 atom stereocenters. The number of carboxylic acid groups (broad SMARTS) is 1. The van der Waals surface area contributed by atoms with Gasteiger partial charge in [0.2, 0.25) is 0 Å². The standard InChI is InChI=1S/C11H14F3NO3S/c1-10(2,3)7(18-4)8-15-6(11(12,13)14)5(19-8)9(16)17/h7H,1-4H3,(H,16,17). The van der Waals surface area contributed by atoms with Gasteiger partial charge in [-0.15, -0.1) is 11.3 Å². The van der Waals surface area contributed by atoms with Gasteiger partial charge in [0, 0.05) is 7.11 Å². The number of aromatic carboxylic acids is 1. The van der Waals surface area contributed by atoms with Crippen LogP contribution in [0.4, 0.5) is 13.2 Å². The second kappa shape index (κ2) is 5.09. The van der Waals surface area contributed by atoms with E-state index in [2.05, 4.69) is 4.98 Å². The molecule has 0 aliphatic rings. The normalized spacial score (nSPS) is 14.5. The summed E-state index contributed by atoms with van der Waals surface area (Å²) in [5.41, 5.74) is -1.86. The number of alkyl halides is 3. The number of rotatable bonds is 3. The average molecular weight is 297 g/mol. The van der Waals surface area contributed by atoms with Crippen LogP contribution in [0.25, 0.3) is 0 Å². The zero-order chi connectivity index (χ0) is 15.0. The minimum atomic E-state index is -4.79. The van der Waals surface area contributed by atoms with Gasteiger partial charge in [0.25, 0.3) is 0 Å². The van der Waals surface area contributed by atoms with Crippen LogP contribution < -0.4 is 0 Å². The Bertz CT molecular complexity index is 477. The van der Waals surface area contributed by atoms with Gasteiger partial charge in [-0.25, -0.2) is 9.78 Å². The van der Waals surface area contributed by atoms with Crippen molar-refractivity contribution < 1.29 is 27.8 Å². The summed E-state index contributed by atoms with van der Waals surface area (Å²) in [6.07, 6.45) is -5.50. The van der Waals surface area contributed by atoms with Gasteiger partial charge in [0.15, 0.2) is 5.69 Å². The Balaban J connectivity index is 3.37. The molecule has 0 aliphatic carbocycles. The minimum Gasteiger partial charge on any atom is -0.477 e. The lowest BCUT2D eigenvalue weighted by molar-refractivity contribution is -0.141. The quantitative estimate of drug-likeness (QED) is 0.926. The Labute approximate surface area is 112 Å². The van der Waals surface area contributed by atoms with Crippen LogP contribution in [0.3, 0.4) is 0 Å². The zero-order valence-electron chi connectivity index (χ0n) is 10.8. The number of aromatic nitrogens is 1. The van der Waals surface area contributed by atoms with E-state index in [1.807, 2.05) is 0 Å². The second-order valence-corrected chi connectivity index (χ2v) is 6.05. The highest BCUT2D eigenvalue weighted by atomic mass is 32.1. The summed E-state index contributed by atoms with van der Waals surface area (Å²) in [6.45, 7) is 5.32. The summed E-state index contributed by atoms with van der Waals surface area (Å²) in [4.78, 5) is 13.5. The van der Waals surface area contributed by atoms with Crippen LogP contribution in [-0.2, 0) is 10.9 Å². The molecule has 0 saturated carbocycles. The summed E-state index contributed by atoms with van der Waals surface area (Å²) < 4.78 is 43.3. The van der Waals surface area contributed by atoms with Crippen molar-refractivity contribution >= 4 is 17.3 Å². The van der Waals surface area contributed by atoms with E-state index in [0.29, 0.717) is 11.3 Å². The van der Waals surface area contributed by atoms with E-state index in [1.54, 1.807) is 20.8 Å². The maximum absolute atomic E-state index is 12.7. The lowest BCUT2D eigenvalue weighted by Gasteiger charge is -2.27. The molecule has 0 fully saturated rings. The van der Waals surface area contributed by atoms with E-state index >= 15 is 0 Å². The molecule has 1 heterocycles. The number of hydrogen-bond acceptors (Lipinski definition) is 4. The average Bonchev–Trinajstić information content (AvgIpc) is 2.60. The maximum Gasteiger partial charge on any atom is 0.435 e. The van der Waals surface area contributed by atoms with Crippen molar-refractivity contribution in [3.05, 3.63) is 15.6 Å². The molecule has 8 heteroatoms. The topological polar surface area (TPSA) is 59.4 Å². The van der Waals surface area contributed by atoms with E-state index in [0.717, 1.165) is 0 Å². The predicted octanol–water partition coefficient (Wildman–Crippen LogP) is 3.59. The van der Waals surface area contributed by atoms with Crippen molar-refractivity contribution in [1.82, 2.24) is 4.98 Å². The monoisotopic (exact) mass is 297 g/mol. The molecule has 1 N–H and O–H groups in total. The molecule has 0 saturated heterocycles. The summed E-state index contributed by atoms with van der Waals surface area (Å²) in [7, 11) is 1.35. The molecule has 0 amide bonds. The fraction of sp³-hybridized carbons (Fsp3) is 0.636. The van der Waals surface area contributed by atoms with Gasteiger partial charge in [-0.3, -0.25) is 0 Å². The summed E-state index contributed by atoms with van der Waals surface area (Å²) in [6, 6.07) is 0. The van der Waals surface area contributed by atoms with Crippen molar-refractivity contribution in [3.8, 4) is 0 Å². The molecule has 1 aromatic heterocycles. The predicted molar refractivity (Wildman–Crippen MR) is 63.3 cm³/mol. The Morgan fingerprint density at radius 2 is 1.89 bits per heavy atom. The first-order chi connectivity index (χ1) is 8.48. The van der Waals surface area contributed by atoms with E-state index in [4.69, 9.17) is 9.84 Å². The van der Waals surface area contributed by atoms with E-state index in [1.165, 1.54) is 7.11 Å². The highest BCUT2D eigenvalue weighted by Gasteiger charge is 2.41. The maximum atomic E-state index is 12.7. The van der Waals surface area contributed by atoms with Crippen LogP contribution in [0.1, 0.15) is 47.2 Å². The summed E-state index contributed by atoms with van der Waals surface area (Å²) in [5.74, 6) is -1.64. The first-order valence-corrected chi connectivity index (χ1v) is 6.14. The number of hydrogen-bond donors (Lipinski definition) is 1. The summed E-state index contributed by atoms with van der Waals surface area (Å²) >= 11 is 0.498. The first kappa shape index (κ1) is 15.9.